The Hall–Kier alpha value is -1.62. The molecule has 0 fully saturated rings. The third-order valence-electron chi connectivity index (χ3n) is 2.21. The number of carboxylic acid groups (broad SMARTS) is 1. The number of aliphatic carboxylic acids is 1. The van der Waals surface area contributed by atoms with Gasteiger partial charge in [-0.2, -0.15) is 0 Å². The maximum Gasteiger partial charge on any atom is 0.310 e. The second kappa shape index (κ2) is 6.07. The summed E-state index contributed by atoms with van der Waals surface area (Å²) in [6.07, 6.45) is 0.465. The minimum atomic E-state index is -0.911. The highest BCUT2D eigenvalue weighted by Crippen LogP contribution is 2.22. The molecule has 6 heteroatoms. The standard InChI is InChI=1S/C10H11NO4.ClH/c1-2-9(10(12)13)7-3-5-8(6-4-7)11(14)15;/h3-6,9H,2H2,1H3,(H,12,13);1H. The highest BCUT2D eigenvalue weighted by atomic mass is 35.5. The van der Waals surface area contributed by atoms with E-state index >= 15 is 0 Å². The number of nitrogens with zero attached hydrogens (tertiary/aromatic N) is 1. The van der Waals surface area contributed by atoms with E-state index in [0.29, 0.717) is 12.0 Å². The fourth-order valence-corrected chi connectivity index (χ4v) is 1.38. The topological polar surface area (TPSA) is 80.4 Å². The predicted molar refractivity (Wildman–Crippen MR) is 61.0 cm³/mol. The zero-order valence-electron chi connectivity index (χ0n) is 8.62. The molecule has 0 heterocycles. The minimum Gasteiger partial charge on any atom is -0.481 e. The van der Waals surface area contributed by atoms with E-state index < -0.39 is 16.8 Å². The SMILES string of the molecule is CCC(C(=O)O)c1ccc([N+](=O)[O-])cc1.Cl. The van der Waals surface area contributed by atoms with Crippen LogP contribution in [0.25, 0.3) is 0 Å². The molecule has 1 unspecified atom stereocenters. The monoisotopic (exact) mass is 245 g/mol. The Labute approximate surface area is 98.7 Å². The number of rotatable bonds is 4. The highest BCUT2D eigenvalue weighted by molar-refractivity contribution is 5.85. The van der Waals surface area contributed by atoms with Crippen molar-refractivity contribution in [2.45, 2.75) is 19.3 Å². The third kappa shape index (κ3) is 3.20. The summed E-state index contributed by atoms with van der Waals surface area (Å²) in [5.74, 6) is -1.50. The van der Waals surface area contributed by atoms with Crippen LogP contribution in [0.4, 0.5) is 5.69 Å². The normalized spacial score (nSPS) is 11.3. The van der Waals surface area contributed by atoms with Crippen LogP contribution in [0.5, 0.6) is 0 Å². The number of hydrogen-bond acceptors (Lipinski definition) is 3. The molecule has 16 heavy (non-hydrogen) atoms. The van der Waals surface area contributed by atoms with Gasteiger partial charge in [-0.3, -0.25) is 14.9 Å². The van der Waals surface area contributed by atoms with E-state index in [0.717, 1.165) is 0 Å². The molecular weight excluding hydrogens is 234 g/mol. The van der Waals surface area contributed by atoms with Crippen LogP contribution in [0, 0.1) is 10.1 Å². The molecule has 0 aliphatic rings. The van der Waals surface area contributed by atoms with Crippen molar-refractivity contribution < 1.29 is 14.8 Å². The average Bonchev–Trinajstić information content (AvgIpc) is 2.19. The Morgan fingerprint density at radius 2 is 1.94 bits per heavy atom. The van der Waals surface area contributed by atoms with Gasteiger partial charge in [0.1, 0.15) is 0 Å². The van der Waals surface area contributed by atoms with E-state index in [2.05, 4.69) is 0 Å². The first-order valence-electron chi connectivity index (χ1n) is 4.53. The smallest absolute Gasteiger partial charge is 0.310 e. The fourth-order valence-electron chi connectivity index (χ4n) is 1.38. The van der Waals surface area contributed by atoms with Gasteiger partial charge in [0.25, 0.3) is 5.69 Å². The molecule has 0 saturated carbocycles. The Bertz CT molecular complexity index is 377. The summed E-state index contributed by atoms with van der Waals surface area (Å²) in [6, 6.07) is 5.61. The largest absolute Gasteiger partial charge is 0.481 e. The molecule has 0 radical (unpaired) electrons. The van der Waals surface area contributed by atoms with E-state index in [1.54, 1.807) is 6.92 Å². The third-order valence-corrected chi connectivity index (χ3v) is 2.21. The minimum absolute atomic E-state index is 0. The summed E-state index contributed by atoms with van der Waals surface area (Å²) < 4.78 is 0. The van der Waals surface area contributed by atoms with Crippen LogP contribution >= 0.6 is 12.4 Å². The van der Waals surface area contributed by atoms with Crippen LogP contribution in [-0.2, 0) is 4.79 Å². The molecule has 1 aromatic carbocycles. The zero-order valence-corrected chi connectivity index (χ0v) is 9.44. The lowest BCUT2D eigenvalue weighted by molar-refractivity contribution is -0.384. The first-order valence-corrected chi connectivity index (χ1v) is 4.53. The molecule has 0 aliphatic heterocycles. The summed E-state index contributed by atoms with van der Waals surface area (Å²) in [7, 11) is 0. The number of hydrogen-bond donors (Lipinski definition) is 1. The quantitative estimate of drug-likeness (QED) is 0.653. The number of benzene rings is 1. The van der Waals surface area contributed by atoms with Gasteiger partial charge in [-0.15, -0.1) is 12.4 Å². The second-order valence-electron chi connectivity index (χ2n) is 3.15. The zero-order chi connectivity index (χ0) is 11.4. The lowest BCUT2D eigenvalue weighted by Gasteiger charge is -2.08. The van der Waals surface area contributed by atoms with E-state index in [9.17, 15) is 14.9 Å². The van der Waals surface area contributed by atoms with E-state index in [4.69, 9.17) is 5.11 Å². The molecule has 5 nitrogen and oxygen atoms in total. The molecule has 0 aliphatic carbocycles. The van der Waals surface area contributed by atoms with E-state index in [1.165, 1.54) is 24.3 Å². The van der Waals surface area contributed by atoms with Crippen molar-refractivity contribution in [3.05, 3.63) is 39.9 Å². The molecule has 0 saturated heterocycles. The molecule has 1 aromatic rings. The number of non-ortho nitro benzene ring substituents is 1. The molecule has 0 aromatic heterocycles. The van der Waals surface area contributed by atoms with Crippen LogP contribution in [0.2, 0.25) is 0 Å². The first-order chi connectivity index (χ1) is 7.06. The Balaban J connectivity index is 0.00000225. The Morgan fingerprint density at radius 3 is 2.25 bits per heavy atom. The number of carboxylic acids is 1. The number of carbonyl (C=O) groups is 1. The molecule has 1 N–H and O–H groups in total. The first kappa shape index (κ1) is 14.4. The van der Waals surface area contributed by atoms with Crippen LogP contribution in [0.3, 0.4) is 0 Å². The molecule has 0 amide bonds. The lowest BCUT2D eigenvalue weighted by atomic mass is 9.97. The summed E-state index contributed by atoms with van der Waals surface area (Å²) in [4.78, 5) is 20.7. The maximum atomic E-state index is 10.8. The fraction of sp³-hybridized carbons (Fsp3) is 0.300. The van der Waals surface area contributed by atoms with Crippen molar-refractivity contribution in [2.75, 3.05) is 0 Å². The van der Waals surface area contributed by atoms with Crippen molar-refractivity contribution in [3.8, 4) is 0 Å². The number of halogens is 1. The summed E-state index contributed by atoms with van der Waals surface area (Å²) >= 11 is 0. The van der Waals surface area contributed by atoms with Gasteiger partial charge < -0.3 is 5.11 Å². The number of nitro benzene ring substituents is 1. The average molecular weight is 246 g/mol. The van der Waals surface area contributed by atoms with Crippen molar-refractivity contribution in [2.24, 2.45) is 0 Å². The van der Waals surface area contributed by atoms with Gasteiger partial charge in [-0.05, 0) is 12.0 Å². The molecule has 88 valence electrons. The molecule has 0 bridgehead atoms. The van der Waals surface area contributed by atoms with Crippen molar-refractivity contribution in [1.82, 2.24) is 0 Å². The number of nitro groups is 1. The molecule has 1 atom stereocenters. The van der Waals surface area contributed by atoms with Crippen LogP contribution < -0.4 is 0 Å². The van der Waals surface area contributed by atoms with Crippen molar-refractivity contribution in [3.63, 3.8) is 0 Å². The molecule has 1 rings (SSSR count). The second-order valence-corrected chi connectivity index (χ2v) is 3.15. The van der Waals surface area contributed by atoms with E-state index in [-0.39, 0.29) is 18.1 Å². The van der Waals surface area contributed by atoms with Gasteiger partial charge in [0.05, 0.1) is 10.8 Å². The van der Waals surface area contributed by atoms with Crippen LogP contribution in [-0.4, -0.2) is 16.0 Å². The summed E-state index contributed by atoms with van der Waals surface area (Å²) in [5, 5.41) is 19.2. The lowest BCUT2D eigenvalue weighted by Crippen LogP contribution is -2.10. The van der Waals surface area contributed by atoms with Gasteiger partial charge in [0.15, 0.2) is 0 Å². The van der Waals surface area contributed by atoms with Gasteiger partial charge in [0.2, 0.25) is 0 Å². The van der Waals surface area contributed by atoms with E-state index in [1.807, 2.05) is 0 Å². The van der Waals surface area contributed by atoms with Gasteiger partial charge in [-0.1, -0.05) is 19.1 Å². The Kier molecular flexibility index (Phi) is 5.46. The summed E-state index contributed by atoms with van der Waals surface area (Å²) in [6.45, 7) is 1.76. The van der Waals surface area contributed by atoms with Crippen molar-refractivity contribution >= 4 is 24.1 Å². The molecule has 0 spiro atoms. The van der Waals surface area contributed by atoms with Crippen LogP contribution in [0.15, 0.2) is 24.3 Å². The van der Waals surface area contributed by atoms with Gasteiger partial charge in [-0.25, -0.2) is 0 Å². The van der Waals surface area contributed by atoms with Crippen molar-refractivity contribution in [1.29, 1.82) is 0 Å². The molecular formula is C10H12ClNO4. The van der Waals surface area contributed by atoms with Gasteiger partial charge >= 0.3 is 5.97 Å². The maximum absolute atomic E-state index is 10.8. The van der Waals surface area contributed by atoms with Gasteiger partial charge in [0, 0.05) is 12.1 Å². The van der Waals surface area contributed by atoms with Crippen LogP contribution in [0.1, 0.15) is 24.8 Å². The summed E-state index contributed by atoms with van der Waals surface area (Å²) in [5.41, 5.74) is 0.564. The Morgan fingerprint density at radius 1 is 1.44 bits per heavy atom. The predicted octanol–water partition coefficient (Wildman–Crippen LogP) is 2.59. The highest BCUT2D eigenvalue weighted by Gasteiger charge is 2.18.